The number of rotatable bonds is 21. The van der Waals surface area contributed by atoms with Crippen LogP contribution in [0.5, 0.6) is 0 Å². The van der Waals surface area contributed by atoms with E-state index in [0.29, 0.717) is 18.5 Å². The summed E-state index contributed by atoms with van der Waals surface area (Å²) in [5.41, 5.74) is 4.87. The lowest BCUT2D eigenvalue weighted by molar-refractivity contribution is 0.0495. The second kappa shape index (κ2) is 19.9. The summed E-state index contributed by atoms with van der Waals surface area (Å²) in [5, 5.41) is 0. The van der Waals surface area contributed by atoms with Crippen LogP contribution in [0.3, 0.4) is 0 Å². The molecule has 0 aromatic heterocycles. The average molecular weight is 769 g/mol. The second-order valence-electron chi connectivity index (χ2n) is 11.4. The Balaban J connectivity index is 1.75. The number of ether oxygens (including phenoxy) is 2. The van der Waals surface area contributed by atoms with Crippen molar-refractivity contribution in [3.8, 4) is 0 Å². The van der Waals surface area contributed by atoms with Gasteiger partial charge >= 0.3 is 11.9 Å². The van der Waals surface area contributed by atoms with Gasteiger partial charge in [-0.05, 0) is 79.6 Å². The maximum absolute atomic E-state index is 13.5. The number of sulfonamides is 2. The van der Waals surface area contributed by atoms with Crippen molar-refractivity contribution in [3.05, 3.63) is 77.9 Å². The number of hydrogen-bond acceptors (Lipinski definition) is 10. The Morgan fingerprint density at radius 3 is 1.53 bits per heavy atom. The topological polar surface area (TPSA) is 169 Å². The number of hydrogen-bond donors (Lipinski definition) is 4. The van der Waals surface area contributed by atoms with E-state index in [0.717, 1.165) is 50.7 Å². The molecule has 0 saturated heterocycles. The Morgan fingerprint density at radius 2 is 1.08 bits per heavy atom. The molecular weight excluding hydrogens is 727 g/mol. The number of hydrazine groups is 1. The van der Waals surface area contributed by atoms with Crippen LogP contribution in [0.25, 0.3) is 0 Å². The summed E-state index contributed by atoms with van der Waals surface area (Å²) >= 11 is 4.48. The van der Waals surface area contributed by atoms with Crippen LogP contribution in [-0.4, -0.2) is 53.4 Å². The molecule has 3 rings (SSSR count). The van der Waals surface area contributed by atoms with Gasteiger partial charge in [-0.25, -0.2) is 35.2 Å². The van der Waals surface area contributed by atoms with E-state index < -0.39 is 48.3 Å². The molecule has 0 amide bonds. The van der Waals surface area contributed by atoms with E-state index in [2.05, 4.69) is 32.5 Å². The van der Waals surface area contributed by atoms with Gasteiger partial charge in [-0.2, -0.15) is 0 Å². The van der Waals surface area contributed by atoms with E-state index in [9.17, 15) is 35.2 Å². The fourth-order valence-corrected chi connectivity index (χ4v) is 6.72. The molecule has 3 aromatic carbocycles. The number of unbranched alkanes of at least 4 members (excludes halogenated alkanes) is 6. The lowest BCUT2D eigenvalue weighted by Crippen LogP contribution is -2.32. The van der Waals surface area contributed by atoms with Gasteiger partial charge in [0.25, 0.3) is 26.5 Å². The van der Waals surface area contributed by atoms with Gasteiger partial charge in [0, 0.05) is 11.4 Å². The fraction of sp³-hybridized carbons (Fsp3) is 0.382. The van der Waals surface area contributed by atoms with Crippen LogP contribution < -0.4 is 20.3 Å². The minimum absolute atomic E-state index is 0.00236. The molecule has 0 atom stereocenters. The Morgan fingerprint density at radius 1 is 0.647 bits per heavy atom. The zero-order valence-electron chi connectivity index (χ0n) is 28.2. The molecule has 278 valence electrons. The molecular formula is C34H42F2N4O8S3. The van der Waals surface area contributed by atoms with Gasteiger partial charge in [0.2, 0.25) is 0 Å². The highest BCUT2D eigenvalue weighted by Gasteiger charge is 2.23. The van der Waals surface area contributed by atoms with Crippen molar-refractivity contribution in [2.45, 2.75) is 81.4 Å². The highest BCUT2D eigenvalue weighted by molar-refractivity contribution is 7.93. The molecule has 12 nitrogen and oxygen atoms in total. The minimum atomic E-state index is -4.40. The summed E-state index contributed by atoms with van der Waals surface area (Å²) in [7, 11) is -8.52. The average Bonchev–Trinajstić information content (AvgIpc) is 3.10. The Hall–Kier alpha value is -4.35. The first kappa shape index (κ1) is 41.1. The fourth-order valence-electron chi connectivity index (χ4n) is 4.48. The number of esters is 2. The van der Waals surface area contributed by atoms with Gasteiger partial charge in [-0.15, -0.1) is 0 Å². The summed E-state index contributed by atoms with van der Waals surface area (Å²) in [6, 6.07) is 13.9. The van der Waals surface area contributed by atoms with Gasteiger partial charge in [-0.3, -0.25) is 14.9 Å². The molecule has 0 bridgehead atoms. The molecule has 0 saturated carbocycles. The van der Waals surface area contributed by atoms with E-state index in [1.54, 1.807) is 0 Å². The second-order valence-corrected chi connectivity index (χ2v) is 15.2. The van der Waals surface area contributed by atoms with E-state index in [4.69, 9.17) is 9.47 Å². The van der Waals surface area contributed by atoms with Gasteiger partial charge in [0.05, 0.1) is 39.8 Å². The summed E-state index contributed by atoms with van der Waals surface area (Å²) in [6.07, 6.45) is 4.09. The third kappa shape index (κ3) is 13.4. The largest absolute Gasteiger partial charge is 0.462 e. The van der Waals surface area contributed by atoms with Crippen LogP contribution in [0.1, 0.15) is 85.9 Å². The highest BCUT2D eigenvalue weighted by atomic mass is 32.2. The molecule has 0 unspecified atom stereocenters. The first-order valence-corrected chi connectivity index (χ1v) is 19.7. The maximum atomic E-state index is 13.5. The smallest absolute Gasteiger partial charge is 0.338 e. The van der Waals surface area contributed by atoms with Gasteiger partial charge in [0.15, 0.2) is 4.99 Å². The first-order valence-electron chi connectivity index (χ1n) is 16.3. The van der Waals surface area contributed by atoms with Crippen molar-refractivity contribution in [3.63, 3.8) is 0 Å². The number of halogens is 2. The molecule has 0 aliphatic rings. The first-order chi connectivity index (χ1) is 24.3. The standard InChI is InChI=1S/C34H42F2N4O8S3/c1-3-5-7-9-19-47-33(41)24-21-25(34(42)48-20-10-8-6-4-2)23-30(22-24)51(45,46)40-28-15-17-29(18-16-28)50(43,44)39-27-13-11-26(12-14-27)37-38-32(49)31(35)36/h11-18,21-23,31,37,39-40H,3-10,19-20H2,1-2H3,(H,38,49). The number of carbonyl (C=O) groups excluding carboxylic acids is 2. The summed E-state index contributed by atoms with van der Waals surface area (Å²) in [5.74, 6) is -1.58. The zero-order valence-corrected chi connectivity index (χ0v) is 30.7. The van der Waals surface area contributed by atoms with Crippen molar-refractivity contribution in [1.82, 2.24) is 5.43 Å². The van der Waals surface area contributed by atoms with Gasteiger partial charge < -0.3 is 14.9 Å². The SMILES string of the molecule is CCCCCCOC(=O)c1cc(C(=O)OCCCCCC)cc(S(=O)(=O)Nc2ccc(S(=O)(=O)Nc3ccc(NNC(=S)C(F)F)cc3)cc2)c1. The molecule has 3 aromatic rings. The van der Waals surface area contributed by atoms with Crippen molar-refractivity contribution in [1.29, 1.82) is 0 Å². The summed E-state index contributed by atoms with van der Waals surface area (Å²) in [4.78, 5) is 24.5. The molecule has 17 heteroatoms. The molecule has 0 aliphatic heterocycles. The van der Waals surface area contributed by atoms with Gasteiger partial charge in [0.1, 0.15) is 0 Å². The number of benzene rings is 3. The van der Waals surface area contributed by atoms with Crippen LogP contribution >= 0.6 is 12.2 Å². The van der Waals surface area contributed by atoms with E-state index in [1.165, 1.54) is 54.6 Å². The van der Waals surface area contributed by atoms with Crippen LogP contribution in [-0.2, 0) is 29.5 Å². The molecule has 0 heterocycles. The van der Waals surface area contributed by atoms with Crippen LogP contribution in [0, 0.1) is 0 Å². The van der Waals surface area contributed by atoms with Crippen molar-refractivity contribution >= 4 is 66.3 Å². The molecule has 4 N–H and O–H groups in total. The van der Waals surface area contributed by atoms with Crippen molar-refractivity contribution in [2.75, 3.05) is 28.1 Å². The Kier molecular flexibility index (Phi) is 16.0. The van der Waals surface area contributed by atoms with E-state index in [1.807, 2.05) is 13.8 Å². The lowest BCUT2D eigenvalue weighted by atomic mass is 10.1. The third-order valence-electron chi connectivity index (χ3n) is 7.23. The highest BCUT2D eigenvalue weighted by Crippen LogP contribution is 2.24. The minimum Gasteiger partial charge on any atom is -0.462 e. The maximum Gasteiger partial charge on any atom is 0.338 e. The van der Waals surface area contributed by atoms with Gasteiger partial charge in [-0.1, -0.05) is 64.6 Å². The zero-order chi connectivity index (χ0) is 37.4. The third-order valence-corrected chi connectivity index (χ3v) is 10.3. The van der Waals surface area contributed by atoms with Crippen molar-refractivity contribution in [2.24, 2.45) is 0 Å². The van der Waals surface area contributed by atoms with Crippen LogP contribution in [0.2, 0.25) is 0 Å². The number of carbonyl (C=O) groups is 2. The molecule has 51 heavy (non-hydrogen) atoms. The molecule has 0 radical (unpaired) electrons. The molecule has 0 fully saturated rings. The van der Waals surface area contributed by atoms with E-state index >= 15 is 0 Å². The molecule has 0 aliphatic carbocycles. The predicted molar refractivity (Wildman–Crippen MR) is 195 cm³/mol. The van der Waals surface area contributed by atoms with E-state index in [-0.39, 0.29) is 40.6 Å². The number of nitrogens with one attached hydrogen (secondary N) is 4. The predicted octanol–water partition coefficient (Wildman–Crippen LogP) is 7.27. The normalized spacial score (nSPS) is 11.5. The monoisotopic (exact) mass is 768 g/mol. The van der Waals surface area contributed by atoms with Crippen LogP contribution in [0.4, 0.5) is 25.8 Å². The number of anilines is 3. The van der Waals surface area contributed by atoms with Crippen molar-refractivity contribution < 1.29 is 44.7 Å². The quantitative estimate of drug-likeness (QED) is 0.0372. The number of alkyl halides is 2. The lowest BCUT2D eigenvalue weighted by Gasteiger charge is -2.13. The summed E-state index contributed by atoms with van der Waals surface area (Å²) < 4.78 is 93.4. The molecule has 0 spiro atoms. The summed E-state index contributed by atoms with van der Waals surface area (Å²) in [6.45, 7) is 4.36. The Bertz CT molecular complexity index is 1800. The Labute approximate surface area is 302 Å². The van der Waals surface area contributed by atoms with Crippen LogP contribution in [0.15, 0.2) is 76.5 Å². The number of thiocarbonyl (C=S) groups is 1.